The van der Waals surface area contributed by atoms with Crippen molar-refractivity contribution in [2.45, 2.75) is 6.92 Å². The van der Waals surface area contributed by atoms with Crippen LogP contribution in [0.1, 0.15) is 22.8 Å². The lowest BCUT2D eigenvalue weighted by Gasteiger charge is -2.09. The molecule has 0 atom stereocenters. The van der Waals surface area contributed by atoms with E-state index in [2.05, 4.69) is 9.99 Å². The van der Waals surface area contributed by atoms with Gasteiger partial charge in [0.2, 0.25) is 0 Å². The van der Waals surface area contributed by atoms with Crippen molar-refractivity contribution in [3.8, 4) is 11.5 Å². The molecule has 26 heavy (non-hydrogen) atoms. The average Bonchev–Trinajstić information content (AvgIpc) is 2.62. The second kappa shape index (κ2) is 8.38. The highest BCUT2D eigenvalue weighted by atomic mass is 16.7. The first-order chi connectivity index (χ1) is 12.4. The van der Waals surface area contributed by atoms with Crippen LogP contribution in [0, 0.1) is 10.1 Å². The summed E-state index contributed by atoms with van der Waals surface area (Å²) in [5.41, 5.74) is 0.350. The number of oxime groups is 1. The summed E-state index contributed by atoms with van der Waals surface area (Å²) in [5, 5.41) is 14.3. The number of rotatable bonds is 6. The maximum Gasteiger partial charge on any atom is 0.343 e. The van der Waals surface area contributed by atoms with Crippen LogP contribution in [0.15, 0.2) is 47.6 Å². The van der Waals surface area contributed by atoms with Crippen LogP contribution in [0.2, 0.25) is 0 Å². The summed E-state index contributed by atoms with van der Waals surface area (Å²) in [5.74, 6) is -0.978. The van der Waals surface area contributed by atoms with Gasteiger partial charge in [0.15, 0.2) is 11.5 Å². The molecule has 0 aliphatic carbocycles. The minimum Gasteiger partial charge on any atom is -0.493 e. The molecule has 2 rings (SSSR count). The number of nitro benzene ring substituents is 1. The first-order valence-corrected chi connectivity index (χ1v) is 7.26. The van der Waals surface area contributed by atoms with Crippen LogP contribution in [0.5, 0.6) is 11.5 Å². The zero-order valence-electron chi connectivity index (χ0n) is 13.9. The van der Waals surface area contributed by atoms with Crippen molar-refractivity contribution in [3.05, 3.63) is 63.7 Å². The first kappa shape index (κ1) is 18.6. The quantitative estimate of drug-likeness (QED) is 0.194. The smallest absolute Gasteiger partial charge is 0.343 e. The minimum atomic E-state index is -0.770. The summed E-state index contributed by atoms with van der Waals surface area (Å²) in [4.78, 5) is 37.5. The van der Waals surface area contributed by atoms with E-state index in [1.807, 2.05) is 0 Å². The standard InChI is InChI=1S/C17H14N2O7/c1-11(20)26-18-10-12-6-7-15(16(8-12)24-2)25-17(21)13-4-3-5-14(9-13)19(22)23/h3-10H,1-2H3. The molecule has 0 aliphatic rings. The van der Waals surface area contributed by atoms with Gasteiger partial charge in [0.1, 0.15) is 0 Å². The highest BCUT2D eigenvalue weighted by Crippen LogP contribution is 2.28. The fourth-order valence-corrected chi connectivity index (χ4v) is 1.92. The van der Waals surface area contributed by atoms with E-state index in [-0.39, 0.29) is 22.7 Å². The number of hydrogen-bond donors (Lipinski definition) is 0. The molecule has 0 aliphatic heterocycles. The Morgan fingerprint density at radius 2 is 1.92 bits per heavy atom. The van der Waals surface area contributed by atoms with Crippen LogP contribution < -0.4 is 9.47 Å². The van der Waals surface area contributed by atoms with Gasteiger partial charge >= 0.3 is 11.9 Å². The molecular weight excluding hydrogens is 344 g/mol. The number of nitrogens with zero attached hydrogens (tertiary/aromatic N) is 2. The predicted octanol–water partition coefficient (Wildman–Crippen LogP) is 2.72. The average molecular weight is 358 g/mol. The Kier molecular flexibility index (Phi) is 5.99. The normalized spacial score (nSPS) is 10.4. The van der Waals surface area contributed by atoms with Gasteiger partial charge in [-0.3, -0.25) is 10.1 Å². The van der Waals surface area contributed by atoms with Crippen LogP contribution in [-0.2, 0) is 9.63 Å². The largest absolute Gasteiger partial charge is 0.493 e. The zero-order chi connectivity index (χ0) is 19.1. The van der Waals surface area contributed by atoms with Gasteiger partial charge in [-0.1, -0.05) is 11.2 Å². The molecule has 0 unspecified atom stereocenters. The van der Waals surface area contributed by atoms with E-state index in [0.29, 0.717) is 5.56 Å². The maximum absolute atomic E-state index is 12.2. The lowest BCUT2D eigenvalue weighted by atomic mass is 10.2. The molecule has 0 saturated heterocycles. The van der Waals surface area contributed by atoms with Gasteiger partial charge in [0, 0.05) is 24.6 Å². The number of non-ortho nitro benzene ring substituents is 1. The lowest BCUT2D eigenvalue weighted by Crippen LogP contribution is -2.09. The fraction of sp³-hybridized carbons (Fsp3) is 0.118. The Labute approximate surface area is 147 Å². The predicted molar refractivity (Wildman–Crippen MR) is 90.4 cm³/mol. The number of benzene rings is 2. The van der Waals surface area contributed by atoms with E-state index >= 15 is 0 Å². The number of nitro groups is 1. The monoisotopic (exact) mass is 358 g/mol. The highest BCUT2D eigenvalue weighted by molar-refractivity contribution is 5.92. The fourth-order valence-electron chi connectivity index (χ4n) is 1.92. The molecule has 0 aromatic heterocycles. The van der Waals surface area contributed by atoms with E-state index in [0.717, 1.165) is 6.07 Å². The minimum absolute atomic E-state index is 0.0294. The number of hydrogen-bond acceptors (Lipinski definition) is 8. The zero-order valence-corrected chi connectivity index (χ0v) is 13.9. The molecule has 0 radical (unpaired) electrons. The third-order valence-corrected chi connectivity index (χ3v) is 3.07. The Hall–Kier alpha value is -3.75. The summed E-state index contributed by atoms with van der Waals surface area (Å²) < 4.78 is 10.4. The van der Waals surface area contributed by atoms with Gasteiger partial charge < -0.3 is 14.3 Å². The van der Waals surface area contributed by atoms with Gasteiger partial charge in [-0.05, 0) is 24.3 Å². The molecule has 0 spiro atoms. The van der Waals surface area contributed by atoms with E-state index < -0.39 is 16.9 Å². The van der Waals surface area contributed by atoms with Crippen LogP contribution in [0.25, 0.3) is 0 Å². The van der Waals surface area contributed by atoms with Gasteiger partial charge in [0.05, 0.1) is 23.8 Å². The van der Waals surface area contributed by atoms with E-state index in [4.69, 9.17) is 9.47 Å². The summed E-state index contributed by atoms with van der Waals surface area (Å²) in [6, 6.07) is 9.73. The van der Waals surface area contributed by atoms with Crippen molar-refractivity contribution in [3.63, 3.8) is 0 Å². The Bertz CT molecular complexity index is 877. The molecule has 2 aromatic carbocycles. The Morgan fingerprint density at radius 3 is 2.58 bits per heavy atom. The summed E-state index contributed by atoms with van der Waals surface area (Å²) in [6.45, 7) is 1.22. The number of carbonyl (C=O) groups excluding carboxylic acids is 2. The Balaban J connectivity index is 2.19. The molecule has 0 bridgehead atoms. The molecule has 0 heterocycles. The number of carbonyl (C=O) groups is 2. The van der Waals surface area contributed by atoms with E-state index in [1.54, 1.807) is 6.07 Å². The summed E-state index contributed by atoms with van der Waals surface area (Å²) in [6.07, 6.45) is 1.29. The molecular formula is C17H14N2O7. The van der Waals surface area contributed by atoms with Crippen molar-refractivity contribution in [2.24, 2.45) is 5.16 Å². The SMILES string of the molecule is COc1cc(C=NOC(C)=O)ccc1OC(=O)c1cccc([N+](=O)[O-])c1. The molecule has 0 N–H and O–H groups in total. The second-order valence-corrected chi connectivity index (χ2v) is 4.92. The number of ether oxygens (including phenoxy) is 2. The van der Waals surface area contributed by atoms with Crippen LogP contribution in [0.4, 0.5) is 5.69 Å². The van der Waals surface area contributed by atoms with Crippen LogP contribution in [0.3, 0.4) is 0 Å². The van der Waals surface area contributed by atoms with E-state index in [1.165, 1.54) is 50.6 Å². The van der Waals surface area contributed by atoms with E-state index in [9.17, 15) is 19.7 Å². The van der Waals surface area contributed by atoms with Gasteiger partial charge in [-0.25, -0.2) is 9.59 Å². The molecule has 134 valence electrons. The summed E-state index contributed by atoms with van der Waals surface area (Å²) in [7, 11) is 1.38. The third-order valence-electron chi connectivity index (χ3n) is 3.07. The van der Waals surface area contributed by atoms with Crippen molar-refractivity contribution >= 4 is 23.8 Å². The lowest BCUT2D eigenvalue weighted by molar-refractivity contribution is -0.384. The molecule has 0 saturated carbocycles. The van der Waals surface area contributed by atoms with Gasteiger partial charge in [0.25, 0.3) is 5.69 Å². The van der Waals surface area contributed by atoms with Gasteiger partial charge in [-0.2, -0.15) is 0 Å². The molecule has 0 amide bonds. The van der Waals surface area contributed by atoms with Crippen LogP contribution in [-0.4, -0.2) is 30.2 Å². The number of methoxy groups -OCH3 is 1. The topological polar surface area (TPSA) is 117 Å². The van der Waals surface area contributed by atoms with Crippen molar-refractivity contribution in [1.29, 1.82) is 0 Å². The van der Waals surface area contributed by atoms with Crippen molar-refractivity contribution < 1.29 is 28.8 Å². The third kappa shape index (κ3) is 4.87. The molecule has 2 aromatic rings. The molecule has 0 fully saturated rings. The second-order valence-electron chi connectivity index (χ2n) is 4.92. The van der Waals surface area contributed by atoms with Gasteiger partial charge in [-0.15, -0.1) is 0 Å². The Morgan fingerprint density at radius 1 is 1.15 bits per heavy atom. The number of esters is 1. The highest BCUT2D eigenvalue weighted by Gasteiger charge is 2.15. The van der Waals surface area contributed by atoms with Crippen molar-refractivity contribution in [2.75, 3.05) is 7.11 Å². The summed E-state index contributed by atoms with van der Waals surface area (Å²) >= 11 is 0. The first-order valence-electron chi connectivity index (χ1n) is 7.26. The maximum atomic E-state index is 12.2. The molecule has 9 nitrogen and oxygen atoms in total. The molecule has 9 heteroatoms. The van der Waals surface area contributed by atoms with Crippen LogP contribution >= 0.6 is 0 Å². The van der Waals surface area contributed by atoms with Crippen molar-refractivity contribution in [1.82, 2.24) is 0 Å².